The summed E-state index contributed by atoms with van der Waals surface area (Å²) >= 11 is 0. The number of benzene rings is 2. The van der Waals surface area contributed by atoms with E-state index in [2.05, 4.69) is 24.9 Å². The SMILES string of the molecule is CCS(=O)(=O)c1cc(-c2cccc(C)c2)cnc1C1=Cc2ncc(C(F)(F)F)cc2C1.CCS(=O)(=O)c1cc(-c2cccc(C)c2)cnc1C1=Nc2cc(C(F)(F)F)cnc2C1(F)F. The van der Waals surface area contributed by atoms with Crippen molar-refractivity contribution in [3.8, 4) is 22.3 Å². The highest BCUT2D eigenvalue weighted by Crippen LogP contribution is 2.46. The van der Waals surface area contributed by atoms with Gasteiger partial charge in [0.25, 0.3) is 0 Å². The zero-order valence-electron chi connectivity index (χ0n) is 34.1. The summed E-state index contributed by atoms with van der Waals surface area (Å²) in [6.07, 6.45) is -3.64. The molecule has 0 unspecified atom stereocenters. The fraction of sp³-hybridized carbons (Fsp3) is 0.222. The minimum absolute atomic E-state index is 0.0732. The minimum atomic E-state index is -4.81. The van der Waals surface area contributed by atoms with Gasteiger partial charge in [-0.3, -0.25) is 19.9 Å². The summed E-state index contributed by atoms with van der Waals surface area (Å²) in [6, 6.07) is 19.0. The average Bonchev–Trinajstić information content (AvgIpc) is 3.80. The Bertz CT molecular complexity index is 3130. The molecule has 19 heteroatoms. The van der Waals surface area contributed by atoms with Gasteiger partial charge in [-0.2, -0.15) is 35.1 Å². The topological polar surface area (TPSA) is 132 Å². The molecule has 2 aromatic carbocycles. The molecule has 0 bridgehead atoms. The van der Waals surface area contributed by atoms with Crippen molar-refractivity contribution in [1.82, 2.24) is 19.9 Å². The van der Waals surface area contributed by atoms with Crippen LogP contribution in [0.2, 0.25) is 0 Å². The molecule has 0 saturated heterocycles. The number of halogens is 8. The summed E-state index contributed by atoms with van der Waals surface area (Å²) in [5.74, 6) is -4.45. The Labute approximate surface area is 362 Å². The molecule has 332 valence electrons. The highest BCUT2D eigenvalue weighted by atomic mass is 32.2. The lowest BCUT2D eigenvalue weighted by atomic mass is 10.0. The van der Waals surface area contributed by atoms with Crippen LogP contribution < -0.4 is 0 Å². The molecule has 8 rings (SSSR count). The molecule has 0 spiro atoms. The fourth-order valence-corrected chi connectivity index (χ4v) is 9.18. The van der Waals surface area contributed by atoms with Gasteiger partial charge < -0.3 is 0 Å². The zero-order valence-corrected chi connectivity index (χ0v) is 35.8. The van der Waals surface area contributed by atoms with Crippen LogP contribution in [0.4, 0.5) is 40.8 Å². The molecule has 64 heavy (non-hydrogen) atoms. The molecule has 5 heterocycles. The number of fused-ring (bicyclic) bond motifs is 2. The van der Waals surface area contributed by atoms with Gasteiger partial charge in [0.1, 0.15) is 17.1 Å². The molecule has 2 aliphatic rings. The zero-order chi connectivity index (χ0) is 46.6. The number of hydrogen-bond acceptors (Lipinski definition) is 9. The van der Waals surface area contributed by atoms with Crippen LogP contribution in [0.15, 0.2) is 112 Å². The fourth-order valence-electron chi connectivity index (χ4n) is 7.02. The number of aliphatic imine (C=N–C) groups is 1. The highest BCUT2D eigenvalue weighted by Gasteiger charge is 2.50. The van der Waals surface area contributed by atoms with Gasteiger partial charge in [-0.25, -0.2) is 21.8 Å². The molecular formula is C45H35F8N5O4S2. The molecular weight excluding hydrogens is 891 g/mol. The van der Waals surface area contributed by atoms with Crippen molar-refractivity contribution in [3.63, 3.8) is 0 Å². The second-order valence-corrected chi connectivity index (χ2v) is 19.4. The van der Waals surface area contributed by atoms with Crippen LogP contribution in [0, 0.1) is 13.8 Å². The number of aryl methyl sites for hydroxylation is 2. The Balaban J connectivity index is 0.000000192. The first kappa shape index (κ1) is 45.8. The van der Waals surface area contributed by atoms with E-state index in [0.717, 1.165) is 29.0 Å². The van der Waals surface area contributed by atoms with Crippen LogP contribution in [-0.2, 0) is 44.4 Å². The number of aromatic nitrogens is 4. The van der Waals surface area contributed by atoms with Crippen molar-refractivity contribution in [2.75, 3.05) is 11.5 Å². The third-order valence-electron chi connectivity index (χ3n) is 10.4. The number of allylic oxidation sites excluding steroid dienone is 1. The first-order chi connectivity index (χ1) is 29.9. The maximum absolute atomic E-state index is 15.2. The number of nitrogens with zero attached hydrogens (tertiary/aromatic N) is 5. The van der Waals surface area contributed by atoms with Crippen molar-refractivity contribution in [2.24, 2.45) is 4.99 Å². The van der Waals surface area contributed by atoms with Gasteiger partial charge >= 0.3 is 18.3 Å². The molecule has 1 aliphatic heterocycles. The Hall–Kier alpha value is -6.21. The molecule has 0 fully saturated rings. The van der Waals surface area contributed by atoms with Gasteiger partial charge in [0.15, 0.2) is 19.7 Å². The number of rotatable bonds is 8. The van der Waals surface area contributed by atoms with Crippen LogP contribution >= 0.6 is 0 Å². The predicted molar refractivity (Wildman–Crippen MR) is 224 cm³/mol. The third kappa shape index (κ3) is 9.08. The summed E-state index contributed by atoms with van der Waals surface area (Å²) in [4.78, 5) is 18.9. The Morgan fingerprint density at radius 2 is 1.11 bits per heavy atom. The normalized spacial score (nSPS) is 14.6. The second kappa shape index (κ2) is 16.7. The molecule has 9 nitrogen and oxygen atoms in total. The van der Waals surface area contributed by atoms with Gasteiger partial charge in [-0.05, 0) is 66.5 Å². The molecule has 0 atom stereocenters. The van der Waals surface area contributed by atoms with E-state index in [0.29, 0.717) is 45.8 Å². The van der Waals surface area contributed by atoms with Crippen molar-refractivity contribution >= 4 is 42.7 Å². The van der Waals surface area contributed by atoms with Crippen molar-refractivity contribution in [1.29, 1.82) is 0 Å². The third-order valence-corrected chi connectivity index (χ3v) is 13.9. The van der Waals surface area contributed by atoms with E-state index < -0.39 is 82.5 Å². The summed E-state index contributed by atoms with van der Waals surface area (Å²) in [6.45, 7) is 6.67. The van der Waals surface area contributed by atoms with E-state index in [-0.39, 0.29) is 22.8 Å². The lowest BCUT2D eigenvalue weighted by Gasteiger charge is -2.16. The summed E-state index contributed by atoms with van der Waals surface area (Å²) in [5, 5.41) is 0. The smallest absolute Gasteiger partial charge is 0.256 e. The van der Waals surface area contributed by atoms with Crippen LogP contribution in [0.25, 0.3) is 33.9 Å². The van der Waals surface area contributed by atoms with Crippen molar-refractivity contribution in [3.05, 3.63) is 148 Å². The number of hydrogen-bond donors (Lipinski definition) is 0. The predicted octanol–water partition coefficient (Wildman–Crippen LogP) is 10.9. The first-order valence-corrected chi connectivity index (χ1v) is 22.6. The minimum Gasteiger partial charge on any atom is -0.256 e. The Kier molecular flexibility index (Phi) is 12.0. The van der Waals surface area contributed by atoms with E-state index in [1.807, 2.05) is 44.2 Å². The molecule has 6 aromatic rings. The summed E-state index contributed by atoms with van der Waals surface area (Å²) in [5.41, 5.74) is 0.577. The number of sulfone groups is 2. The van der Waals surface area contributed by atoms with Crippen molar-refractivity contribution in [2.45, 2.75) is 62.2 Å². The summed E-state index contributed by atoms with van der Waals surface area (Å²) < 4.78 is 160. The van der Waals surface area contributed by atoms with E-state index in [1.165, 1.54) is 19.2 Å². The standard InChI is InChI=1S/C23H19F3N2O2S.C22H16F5N3O2S/c1-3-31(29,30)21-11-18(15-6-4-5-14(2)7-15)12-28-22(21)17-8-16-9-19(23(24,25)26)13-27-20(16)10-17;1-3-33(31,32)17-8-14(13-6-4-5-12(2)7-13)10-28-18(17)20-21(23,24)19-16(30-20)9-15(11-29-19)22(25,26)27/h4-7,9-13H,3,8H2,1-2H3;4-11H,3H2,1-2H3. The maximum Gasteiger partial charge on any atom is 0.417 e. The molecule has 1 aliphatic carbocycles. The Morgan fingerprint density at radius 3 is 1.62 bits per heavy atom. The van der Waals surface area contributed by atoms with E-state index in [1.54, 1.807) is 43.5 Å². The number of pyridine rings is 4. The maximum atomic E-state index is 15.2. The van der Waals surface area contributed by atoms with Gasteiger partial charge in [-0.1, -0.05) is 73.5 Å². The summed E-state index contributed by atoms with van der Waals surface area (Å²) in [7, 11) is -7.68. The van der Waals surface area contributed by atoms with Crippen molar-refractivity contribution < 1.29 is 52.0 Å². The van der Waals surface area contributed by atoms with Crippen LogP contribution in [-0.4, -0.2) is 54.0 Å². The molecule has 0 N–H and O–H groups in total. The van der Waals surface area contributed by atoms with Gasteiger partial charge in [0.05, 0.1) is 49.5 Å². The Morgan fingerprint density at radius 1 is 0.609 bits per heavy atom. The monoisotopic (exact) mass is 925 g/mol. The molecule has 4 aromatic heterocycles. The average molecular weight is 926 g/mol. The molecule has 0 saturated carbocycles. The highest BCUT2D eigenvalue weighted by molar-refractivity contribution is 7.91. The number of alkyl halides is 8. The van der Waals surface area contributed by atoms with Gasteiger partial charge in [0, 0.05) is 42.3 Å². The van der Waals surface area contributed by atoms with Crippen LogP contribution in [0.3, 0.4) is 0 Å². The van der Waals surface area contributed by atoms with E-state index in [4.69, 9.17) is 0 Å². The quantitative estimate of drug-likeness (QED) is 0.138. The van der Waals surface area contributed by atoms with E-state index >= 15 is 8.78 Å². The van der Waals surface area contributed by atoms with Crippen LogP contribution in [0.5, 0.6) is 0 Å². The largest absolute Gasteiger partial charge is 0.417 e. The molecule has 0 radical (unpaired) electrons. The lowest BCUT2D eigenvalue weighted by molar-refractivity contribution is -0.138. The second-order valence-electron chi connectivity index (χ2n) is 14.9. The van der Waals surface area contributed by atoms with E-state index in [9.17, 15) is 43.2 Å². The molecule has 0 amide bonds. The van der Waals surface area contributed by atoms with Gasteiger partial charge in [0.2, 0.25) is 0 Å². The lowest BCUT2D eigenvalue weighted by Crippen LogP contribution is -2.27. The first-order valence-electron chi connectivity index (χ1n) is 19.3. The van der Waals surface area contributed by atoms with Gasteiger partial charge in [-0.15, -0.1) is 0 Å². The van der Waals surface area contributed by atoms with Crippen LogP contribution in [0.1, 0.15) is 64.4 Å².